The van der Waals surface area contributed by atoms with E-state index in [2.05, 4.69) is 36.2 Å². The van der Waals surface area contributed by atoms with E-state index in [9.17, 15) is 0 Å². The average Bonchev–Trinajstić information content (AvgIpc) is 3.06. The molecular formula is C19H30N4S. The van der Waals surface area contributed by atoms with Gasteiger partial charge in [-0.15, -0.1) is 0 Å². The molecule has 1 atom stereocenters. The molecule has 0 spiro atoms. The van der Waals surface area contributed by atoms with Crippen LogP contribution >= 0.6 is 11.8 Å². The highest BCUT2D eigenvalue weighted by molar-refractivity contribution is 8.18. The zero-order chi connectivity index (χ0) is 17.3. The predicted octanol–water partition coefficient (Wildman–Crippen LogP) is 4.16. The van der Waals surface area contributed by atoms with Crippen molar-refractivity contribution in [3.63, 3.8) is 0 Å². The Morgan fingerprint density at radius 3 is 2.58 bits per heavy atom. The highest BCUT2D eigenvalue weighted by Gasteiger charge is 2.36. The van der Waals surface area contributed by atoms with E-state index in [0.29, 0.717) is 23.0 Å². The number of nitrogens with zero attached hydrogens (tertiary/aromatic N) is 2. The van der Waals surface area contributed by atoms with Crippen LogP contribution in [0, 0.1) is 11.3 Å². The maximum Gasteiger partial charge on any atom is 0.136 e. The lowest BCUT2D eigenvalue weighted by Gasteiger charge is -2.33. The van der Waals surface area contributed by atoms with Crippen molar-refractivity contribution in [3.05, 3.63) is 21.9 Å². The number of hydrogen-bond donors (Lipinski definition) is 2. The minimum absolute atomic E-state index is 0.478. The van der Waals surface area contributed by atoms with Crippen LogP contribution in [0.1, 0.15) is 52.4 Å². The van der Waals surface area contributed by atoms with Crippen LogP contribution in [-0.2, 0) is 0 Å². The van der Waals surface area contributed by atoms with Crippen molar-refractivity contribution in [1.29, 1.82) is 5.41 Å². The minimum atomic E-state index is 0.478. The quantitative estimate of drug-likeness (QED) is 0.752. The fourth-order valence-corrected chi connectivity index (χ4v) is 5.35. The van der Waals surface area contributed by atoms with Gasteiger partial charge < -0.3 is 10.2 Å². The van der Waals surface area contributed by atoms with E-state index < -0.39 is 0 Å². The van der Waals surface area contributed by atoms with Crippen LogP contribution in [0.3, 0.4) is 0 Å². The molecule has 3 rings (SSSR count). The number of thioether (sulfide) groups is 1. The summed E-state index contributed by atoms with van der Waals surface area (Å²) in [4.78, 5) is 8.40. The third kappa shape index (κ3) is 3.47. The molecule has 1 fully saturated rings. The lowest BCUT2D eigenvalue weighted by Crippen LogP contribution is -2.39. The molecule has 0 aromatic rings. The lowest BCUT2D eigenvalue weighted by molar-refractivity contribution is 0.208. The first-order chi connectivity index (χ1) is 11.5. The molecule has 1 unspecified atom stereocenters. The molecule has 5 heteroatoms. The molecular weight excluding hydrogens is 316 g/mol. The largest absolute Gasteiger partial charge is 0.367 e. The Labute approximate surface area is 150 Å². The summed E-state index contributed by atoms with van der Waals surface area (Å²) in [6.45, 7) is 4.25. The van der Waals surface area contributed by atoms with E-state index in [-0.39, 0.29) is 0 Å². The van der Waals surface area contributed by atoms with Gasteiger partial charge in [0.25, 0.3) is 0 Å². The van der Waals surface area contributed by atoms with E-state index in [1.54, 1.807) is 11.8 Å². The van der Waals surface area contributed by atoms with Crippen LogP contribution in [0.15, 0.2) is 26.9 Å². The Bertz CT molecular complexity index is 594. The van der Waals surface area contributed by atoms with E-state index in [0.717, 1.165) is 17.8 Å². The van der Waals surface area contributed by atoms with Crippen LogP contribution in [0.4, 0.5) is 0 Å². The fraction of sp³-hybridized carbons (Fsp3) is 0.684. The molecule has 0 saturated heterocycles. The number of hydrogen-bond acceptors (Lipinski definition) is 5. The molecule has 0 bridgehead atoms. The van der Waals surface area contributed by atoms with Crippen molar-refractivity contribution >= 4 is 23.0 Å². The summed E-state index contributed by atoms with van der Waals surface area (Å²) in [7, 11) is 4.36. The number of aliphatic imine (C=N–C) groups is 1. The van der Waals surface area contributed by atoms with Crippen LogP contribution in [0.5, 0.6) is 0 Å². The van der Waals surface area contributed by atoms with E-state index in [1.165, 1.54) is 42.6 Å². The van der Waals surface area contributed by atoms with E-state index in [4.69, 9.17) is 5.41 Å². The zero-order valence-corrected chi connectivity index (χ0v) is 16.2. The van der Waals surface area contributed by atoms with Gasteiger partial charge in [0, 0.05) is 18.3 Å². The average molecular weight is 347 g/mol. The summed E-state index contributed by atoms with van der Waals surface area (Å²) in [5.74, 6) is 1.49. The first-order valence-electron chi connectivity index (χ1n) is 9.17. The first-order valence-corrected chi connectivity index (χ1v) is 9.99. The van der Waals surface area contributed by atoms with Crippen molar-refractivity contribution in [1.82, 2.24) is 10.2 Å². The summed E-state index contributed by atoms with van der Waals surface area (Å²) in [5.41, 5.74) is 2.47. The Morgan fingerprint density at radius 2 is 1.96 bits per heavy atom. The summed E-state index contributed by atoms with van der Waals surface area (Å²) in [5, 5.41) is 12.8. The highest BCUT2D eigenvalue weighted by Crippen LogP contribution is 2.50. The topological polar surface area (TPSA) is 51.5 Å². The molecule has 1 saturated carbocycles. The second-order valence-electron chi connectivity index (χ2n) is 7.43. The first kappa shape index (κ1) is 17.7. The van der Waals surface area contributed by atoms with Gasteiger partial charge in [-0.1, -0.05) is 18.7 Å². The van der Waals surface area contributed by atoms with Gasteiger partial charge in [-0.05, 0) is 75.9 Å². The molecule has 0 radical (unpaired) electrons. The normalized spacial score (nSPS) is 32.9. The van der Waals surface area contributed by atoms with Gasteiger partial charge in [-0.25, -0.2) is 4.99 Å². The molecule has 1 heterocycles. The molecule has 3 aliphatic rings. The molecule has 2 N–H and O–H groups in total. The number of allylic oxidation sites excluding steroid dienone is 2. The van der Waals surface area contributed by atoms with Crippen molar-refractivity contribution in [2.24, 2.45) is 10.9 Å². The van der Waals surface area contributed by atoms with Gasteiger partial charge in [0.15, 0.2) is 0 Å². The molecule has 0 aromatic carbocycles. The predicted molar refractivity (Wildman–Crippen MR) is 105 cm³/mol. The molecule has 24 heavy (non-hydrogen) atoms. The second-order valence-corrected chi connectivity index (χ2v) is 8.54. The maximum atomic E-state index is 8.45. The second kappa shape index (κ2) is 7.44. The summed E-state index contributed by atoms with van der Waals surface area (Å²) in [6, 6.07) is 1.19. The SMILES string of the molecule is C/C=N/C(NC1CCC(N(C)C)CC1)=C1\C(=N)SC2=C1C(C)CC2. The zero-order valence-electron chi connectivity index (χ0n) is 15.4. The van der Waals surface area contributed by atoms with Crippen molar-refractivity contribution < 1.29 is 0 Å². The van der Waals surface area contributed by atoms with Crippen molar-refractivity contribution in [2.45, 2.75) is 64.5 Å². The van der Waals surface area contributed by atoms with Crippen LogP contribution in [0.2, 0.25) is 0 Å². The Hall–Kier alpha value is -1.07. The highest BCUT2D eigenvalue weighted by atomic mass is 32.2. The molecule has 1 aliphatic heterocycles. The van der Waals surface area contributed by atoms with Gasteiger partial charge in [0.2, 0.25) is 0 Å². The van der Waals surface area contributed by atoms with Crippen molar-refractivity contribution in [2.75, 3.05) is 14.1 Å². The number of nitrogens with one attached hydrogen (secondary N) is 2. The third-order valence-corrected chi connectivity index (χ3v) is 6.66. The molecule has 4 nitrogen and oxygen atoms in total. The lowest BCUT2D eigenvalue weighted by atomic mass is 9.90. The third-order valence-electron chi connectivity index (χ3n) is 5.58. The van der Waals surface area contributed by atoms with Gasteiger partial charge in [-0.2, -0.15) is 0 Å². The Balaban J connectivity index is 1.79. The monoisotopic (exact) mass is 346 g/mol. The molecule has 0 aromatic heterocycles. The van der Waals surface area contributed by atoms with Gasteiger partial charge in [0.1, 0.15) is 10.9 Å². The fourth-order valence-electron chi connectivity index (χ4n) is 4.16. The standard InChI is InChI=1S/C19H30N4S/c1-5-21-19(22-13-7-9-14(10-8-13)23(3)4)17-16-12(2)6-11-15(16)24-18(17)20/h5,12-14,20,22H,6-11H2,1-4H3/b19-17+,20-18?,21-5+. The summed E-state index contributed by atoms with van der Waals surface area (Å²) < 4.78 is 0. The van der Waals surface area contributed by atoms with Crippen molar-refractivity contribution in [3.8, 4) is 0 Å². The summed E-state index contributed by atoms with van der Waals surface area (Å²) in [6.07, 6.45) is 9.04. The maximum absolute atomic E-state index is 8.45. The molecule has 0 amide bonds. The molecule has 2 aliphatic carbocycles. The van der Waals surface area contributed by atoms with Gasteiger partial charge in [0.05, 0.1) is 5.57 Å². The Kier molecular flexibility index (Phi) is 5.50. The molecule has 132 valence electrons. The van der Waals surface area contributed by atoms with E-state index in [1.807, 2.05) is 13.1 Å². The van der Waals surface area contributed by atoms with Crippen LogP contribution < -0.4 is 5.32 Å². The smallest absolute Gasteiger partial charge is 0.136 e. The Morgan fingerprint density at radius 1 is 1.25 bits per heavy atom. The number of rotatable bonds is 4. The van der Waals surface area contributed by atoms with Gasteiger partial charge in [-0.3, -0.25) is 5.41 Å². The van der Waals surface area contributed by atoms with Crippen LogP contribution in [0.25, 0.3) is 0 Å². The minimum Gasteiger partial charge on any atom is -0.367 e. The van der Waals surface area contributed by atoms with Crippen LogP contribution in [-0.4, -0.2) is 42.3 Å². The van der Waals surface area contributed by atoms with E-state index >= 15 is 0 Å². The summed E-state index contributed by atoms with van der Waals surface area (Å²) >= 11 is 1.65. The van der Waals surface area contributed by atoms with Gasteiger partial charge >= 0.3 is 0 Å².